The van der Waals surface area contributed by atoms with Crippen LogP contribution in [0.1, 0.15) is 26.5 Å². The van der Waals surface area contributed by atoms with Crippen molar-refractivity contribution in [3.8, 4) is 11.3 Å². The van der Waals surface area contributed by atoms with Crippen LogP contribution in [-0.2, 0) is 6.54 Å². The molecule has 1 aliphatic rings. The Kier molecular flexibility index (Phi) is 5.94. The Balaban J connectivity index is 1.30. The molecule has 0 unspecified atom stereocenters. The summed E-state index contributed by atoms with van der Waals surface area (Å²) in [6, 6.07) is 18.5. The molecule has 1 saturated heterocycles. The monoisotopic (exact) mass is 492 g/mol. The molecule has 0 N–H and O–H groups in total. The lowest BCUT2D eigenvalue weighted by atomic mass is 10.1. The molecule has 0 aliphatic carbocycles. The van der Waals surface area contributed by atoms with Crippen molar-refractivity contribution < 1.29 is 14.0 Å². The fourth-order valence-corrected chi connectivity index (χ4v) is 4.60. The van der Waals surface area contributed by atoms with Crippen molar-refractivity contribution >= 4 is 22.8 Å². The maximum atomic E-state index is 13.8. The van der Waals surface area contributed by atoms with Gasteiger partial charge in [0.15, 0.2) is 5.65 Å². The van der Waals surface area contributed by atoms with E-state index in [1.165, 1.54) is 0 Å². The van der Waals surface area contributed by atoms with Gasteiger partial charge in [0.1, 0.15) is 12.3 Å². The quantitative estimate of drug-likeness (QED) is 0.371. The van der Waals surface area contributed by atoms with Crippen LogP contribution in [0.5, 0.6) is 0 Å². The standard InChI is InChI=1S/C28H24N6O3/c35-27(20-6-2-1-3-7-20)32-11-13-33(14-12-32)28(36)23-16-25(21-8-4-10-29-17-21)31-26-24(23)18-30-34(26)19-22-9-5-15-37-22/h1-10,15-18H,11-14,19H2. The number of hydrogen-bond donors (Lipinski definition) is 0. The molecule has 0 radical (unpaired) electrons. The Morgan fingerprint density at radius 3 is 2.35 bits per heavy atom. The van der Waals surface area contributed by atoms with Gasteiger partial charge in [-0.1, -0.05) is 18.2 Å². The van der Waals surface area contributed by atoms with Crippen LogP contribution in [0, 0.1) is 0 Å². The highest BCUT2D eigenvalue weighted by atomic mass is 16.3. The summed E-state index contributed by atoms with van der Waals surface area (Å²) in [6.07, 6.45) is 6.72. The van der Waals surface area contributed by atoms with Crippen molar-refractivity contribution in [2.45, 2.75) is 6.54 Å². The van der Waals surface area contributed by atoms with Crippen molar-refractivity contribution in [3.63, 3.8) is 0 Å². The number of fused-ring (bicyclic) bond motifs is 1. The number of aromatic nitrogens is 4. The largest absolute Gasteiger partial charge is 0.467 e. The molecule has 4 aromatic heterocycles. The van der Waals surface area contributed by atoms with Crippen LogP contribution in [0.2, 0.25) is 0 Å². The van der Waals surface area contributed by atoms with Crippen LogP contribution in [0.4, 0.5) is 0 Å². The number of nitrogens with zero attached hydrogens (tertiary/aromatic N) is 6. The first-order chi connectivity index (χ1) is 18.2. The third kappa shape index (κ3) is 4.47. The average Bonchev–Trinajstić information content (AvgIpc) is 3.63. The van der Waals surface area contributed by atoms with Gasteiger partial charge in [-0.2, -0.15) is 5.10 Å². The number of piperazine rings is 1. The summed E-state index contributed by atoms with van der Waals surface area (Å²) in [6.45, 7) is 2.24. The Bertz CT molecular complexity index is 1540. The van der Waals surface area contributed by atoms with Gasteiger partial charge in [-0.3, -0.25) is 14.6 Å². The zero-order chi connectivity index (χ0) is 25.2. The Morgan fingerprint density at radius 1 is 0.865 bits per heavy atom. The lowest BCUT2D eigenvalue weighted by molar-refractivity contribution is 0.0536. The first kappa shape index (κ1) is 22.7. The minimum absolute atomic E-state index is 0.0166. The summed E-state index contributed by atoms with van der Waals surface area (Å²) in [5.74, 6) is 0.615. The van der Waals surface area contributed by atoms with Crippen LogP contribution in [0.25, 0.3) is 22.3 Å². The van der Waals surface area contributed by atoms with E-state index in [1.54, 1.807) is 39.3 Å². The maximum Gasteiger partial charge on any atom is 0.254 e. The summed E-state index contributed by atoms with van der Waals surface area (Å²) < 4.78 is 7.24. The smallest absolute Gasteiger partial charge is 0.254 e. The summed E-state index contributed by atoms with van der Waals surface area (Å²) in [5, 5.41) is 5.19. The number of carbonyl (C=O) groups is 2. The third-order valence-electron chi connectivity index (χ3n) is 6.56. The highest BCUT2D eigenvalue weighted by molar-refractivity contribution is 6.06. The topological polar surface area (TPSA) is 97.4 Å². The molecule has 0 spiro atoms. The van der Waals surface area contributed by atoms with E-state index in [4.69, 9.17) is 9.40 Å². The first-order valence-corrected chi connectivity index (χ1v) is 12.1. The van der Waals surface area contributed by atoms with E-state index in [0.29, 0.717) is 60.6 Å². The third-order valence-corrected chi connectivity index (χ3v) is 6.56. The molecular formula is C28H24N6O3. The lowest BCUT2D eigenvalue weighted by Gasteiger charge is -2.35. The zero-order valence-corrected chi connectivity index (χ0v) is 20.0. The normalized spacial score (nSPS) is 13.7. The van der Waals surface area contributed by atoms with Gasteiger partial charge in [0.2, 0.25) is 0 Å². The second-order valence-corrected chi connectivity index (χ2v) is 8.87. The minimum atomic E-state index is -0.109. The van der Waals surface area contributed by atoms with Gasteiger partial charge >= 0.3 is 0 Å². The molecular weight excluding hydrogens is 468 g/mol. The number of amides is 2. The lowest BCUT2D eigenvalue weighted by Crippen LogP contribution is -2.50. The molecule has 0 saturated carbocycles. The van der Waals surface area contributed by atoms with Crippen molar-refractivity contribution in [1.82, 2.24) is 29.5 Å². The first-order valence-electron chi connectivity index (χ1n) is 12.1. The minimum Gasteiger partial charge on any atom is -0.467 e. The van der Waals surface area contributed by atoms with Crippen LogP contribution < -0.4 is 0 Å². The fourth-order valence-electron chi connectivity index (χ4n) is 4.60. The molecule has 1 fully saturated rings. The van der Waals surface area contributed by atoms with E-state index in [2.05, 4.69) is 10.1 Å². The average molecular weight is 493 g/mol. The molecule has 2 amide bonds. The van der Waals surface area contributed by atoms with E-state index in [-0.39, 0.29) is 11.8 Å². The summed E-state index contributed by atoms with van der Waals surface area (Å²) >= 11 is 0. The SMILES string of the molecule is O=C(c1ccccc1)N1CCN(C(=O)c2cc(-c3cccnc3)nc3c2cnn3Cc2ccco2)CC1. The van der Waals surface area contributed by atoms with Crippen molar-refractivity contribution in [3.05, 3.63) is 102 Å². The Morgan fingerprint density at radius 2 is 1.65 bits per heavy atom. The maximum absolute atomic E-state index is 13.8. The molecule has 9 heteroatoms. The van der Waals surface area contributed by atoms with Crippen molar-refractivity contribution in [2.75, 3.05) is 26.2 Å². The van der Waals surface area contributed by atoms with Gasteiger partial charge < -0.3 is 14.2 Å². The predicted octanol–water partition coefficient (Wildman–Crippen LogP) is 3.73. The molecule has 6 rings (SSSR count). The van der Waals surface area contributed by atoms with E-state index < -0.39 is 0 Å². The molecule has 1 aliphatic heterocycles. The molecule has 9 nitrogen and oxygen atoms in total. The predicted molar refractivity (Wildman–Crippen MR) is 137 cm³/mol. The number of carbonyl (C=O) groups excluding carboxylic acids is 2. The Hall–Kier alpha value is -4.79. The van der Waals surface area contributed by atoms with E-state index in [1.807, 2.05) is 60.7 Å². The Labute approximate surface area is 213 Å². The van der Waals surface area contributed by atoms with Crippen LogP contribution in [0.15, 0.2) is 89.9 Å². The molecule has 37 heavy (non-hydrogen) atoms. The van der Waals surface area contributed by atoms with E-state index in [0.717, 1.165) is 11.3 Å². The highest BCUT2D eigenvalue weighted by Gasteiger charge is 2.28. The molecule has 0 atom stereocenters. The summed E-state index contributed by atoms with van der Waals surface area (Å²) in [4.78, 5) is 39.3. The van der Waals surface area contributed by atoms with Gasteiger partial charge in [-0.25, -0.2) is 9.67 Å². The molecule has 0 bridgehead atoms. The number of hydrogen-bond acceptors (Lipinski definition) is 6. The highest BCUT2D eigenvalue weighted by Crippen LogP contribution is 2.26. The van der Waals surface area contributed by atoms with Crippen LogP contribution >= 0.6 is 0 Å². The second-order valence-electron chi connectivity index (χ2n) is 8.87. The van der Waals surface area contributed by atoms with Crippen LogP contribution in [0.3, 0.4) is 0 Å². The second kappa shape index (κ2) is 9.69. The van der Waals surface area contributed by atoms with Gasteiger partial charge in [0.05, 0.1) is 29.1 Å². The number of benzene rings is 1. The zero-order valence-electron chi connectivity index (χ0n) is 20.0. The fraction of sp³-hybridized carbons (Fsp3) is 0.179. The van der Waals surface area contributed by atoms with Crippen molar-refractivity contribution in [2.24, 2.45) is 0 Å². The van der Waals surface area contributed by atoms with Gasteiger partial charge in [-0.05, 0) is 42.5 Å². The van der Waals surface area contributed by atoms with Crippen molar-refractivity contribution in [1.29, 1.82) is 0 Å². The molecule has 5 aromatic rings. The van der Waals surface area contributed by atoms with E-state index in [9.17, 15) is 9.59 Å². The van der Waals surface area contributed by atoms with Gasteiger partial charge in [-0.15, -0.1) is 0 Å². The van der Waals surface area contributed by atoms with Gasteiger partial charge in [0.25, 0.3) is 11.8 Å². The molecule has 1 aromatic carbocycles. The van der Waals surface area contributed by atoms with Gasteiger partial charge in [0, 0.05) is 49.7 Å². The molecule has 184 valence electrons. The number of furan rings is 1. The molecule has 5 heterocycles. The summed E-state index contributed by atoms with van der Waals surface area (Å²) in [7, 11) is 0. The van der Waals surface area contributed by atoms with Crippen LogP contribution in [-0.4, -0.2) is 67.5 Å². The summed E-state index contributed by atoms with van der Waals surface area (Å²) in [5.41, 5.74) is 3.23. The number of rotatable bonds is 5. The number of pyridine rings is 2. The van der Waals surface area contributed by atoms with E-state index >= 15 is 0 Å².